The molecule has 33 heavy (non-hydrogen) atoms. The normalized spacial score (nSPS) is 18.6. The van der Waals surface area contributed by atoms with Crippen LogP contribution in [0.15, 0.2) is 54.6 Å². The first-order valence-corrected chi connectivity index (χ1v) is 11.6. The lowest BCUT2D eigenvalue weighted by molar-refractivity contribution is 0.312. The highest BCUT2D eigenvalue weighted by atomic mass is 19.2. The molecule has 1 fully saturated rings. The minimum absolute atomic E-state index is 0.0993. The number of benzene rings is 3. The second kappa shape index (κ2) is 10.3. The van der Waals surface area contributed by atoms with Crippen LogP contribution in [0, 0.1) is 23.4 Å². The molecule has 1 nitrogen and oxygen atoms in total. The lowest BCUT2D eigenvalue weighted by atomic mass is 9.77. The van der Waals surface area contributed by atoms with Crippen molar-refractivity contribution >= 4 is 12.2 Å². The molecule has 0 amide bonds. The second-order valence-corrected chi connectivity index (χ2v) is 8.80. The Morgan fingerprint density at radius 2 is 1.58 bits per heavy atom. The van der Waals surface area contributed by atoms with Gasteiger partial charge in [-0.2, -0.15) is 0 Å². The van der Waals surface area contributed by atoms with Crippen molar-refractivity contribution < 1.29 is 17.9 Å². The van der Waals surface area contributed by atoms with E-state index in [4.69, 9.17) is 4.74 Å². The standard InChI is InChI=1S/C29H29F3O/c1-3-19-4-9-21(10-5-19)25-16-17-26(29(32)28(25)31)22-11-6-20(7-12-22)8-13-23-14-15-24(33-2)18-27(23)30/h6-8,11-19,21H,3-5,9-10H2,1-2H3. The van der Waals surface area contributed by atoms with E-state index in [0.29, 0.717) is 28.4 Å². The van der Waals surface area contributed by atoms with E-state index in [1.807, 2.05) is 12.1 Å². The first kappa shape index (κ1) is 23.2. The van der Waals surface area contributed by atoms with E-state index < -0.39 is 11.6 Å². The summed E-state index contributed by atoms with van der Waals surface area (Å²) in [5.41, 5.74) is 2.65. The van der Waals surface area contributed by atoms with Gasteiger partial charge < -0.3 is 4.74 Å². The minimum Gasteiger partial charge on any atom is -0.497 e. The Labute approximate surface area is 193 Å². The van der Waals surface area contributed by atoms with Gasteiger partial charge in [0.25, 0.3) is 0 Å². The van der Waals surface area contributed by atoms with Gasteiger partial charge in [-0.1, -0.05) is 61.9 Å². The summed E-state index contributed by atoms with van der Waals surface area (Å²) < 4.78 is 49.1. The summed E-state index contributed by atoms with van der Waals surface area (Å²) in [6.07, 6.45) is 8.61. The van der Waals surface area contributed by atoms with Gasteiger partial charge in [-0.15, -0.1) is 0 Å². The molecule has 1 saturated carbocycles. The van der Waals surface area contributed by atoms with Crippen LogP contribution >= 0.6 is 0 Å². The topological polar surface area (TPSA) is 9.23 Å². The van der Waals surface area contributed by atoms with Crippen LogP contribution in [0.3, 0.4) is 0 Å². The predicted molar refractivity (Wildman–Crippen MR) is 129 cm³/mol. The largest absolute Gasteiger partial charge is 0.497 e. The molecule has 0 bridgehead atoms. The Morgan fingerprint density at radius 3 is 2.21 bits per heavy atom. The SMILES string of the molecule is CCC1CCC(c2ccc(-c3ccc(C=Cc4ccc(OC)cc4F)cc3)c(F)c2F)CC1. The summed E-state index contributed by atoms with van der Waals surface area (Å²) in [6, 6.07) is 15.3. The molecule has 1 aliphatic carbocycles. The van der Waals surface area contributed by atoms with Gasteiger partial charge in [0, 0.05) is 17.2 Å². The Hall–Kier alpha value is -3.01. The van der Waals surface area contributed by atoms with Crippen molar-refractivity contribution in [2.75, 3.05) is 7.11 Å². The number of ether oxygens (including phenoxy) is 1. The van der Waals surface area contributed by atoms with Gasteiger partial charge in [0.1, 0.15) is 11.6 Å². The zero-order chi connectivity index (χ0) is 23.4. The zero-order valence-electron chi connectivity index (χ0n) is 19.1. The molecule has 0 radical (unpaired) electrons. The number of hydrogen-bond acceptors (Lipinski definition) is 1. The van der Waals surface area contributed by atoms with Crippen LogP contribution in [0.2, 0.25) is 0 Å². The summed E-state index contributed by atoms with van der Waals surface area (Å²) in [4.78, 5) is 0. The Morgan fingerprint density at radius 1 is 0.848 bits per heavy atom. The van der Waals surface area contributed by atoms with Crippen molar-refractivity contribution in [3.05, 3.63) is 88.7 Å². The Bertz CT molecular complexity index is 1130. The number of rotatable bonds is 6. The van der Waals surface area contributed by atoms with Crippen molar-refractivity contribution in [2.24, 2.45) is 5.92 Å². The molecule has 0 atom stereocenters. The molecule has 0 heterocycles. The van der Waals surface area contributed by atoms with Gasteiger partial charge in [0.15, 0.2) is 11.6 Å². The maximum Gasteiger partial charge on any atom is 0.166 e. The highest BCUT2D eigenvalue weighted by Crippen LogP contribution is 2.39. The second-order valence-electron chi connectivity index (χ2n) is 8.80. The maximum atomic E-state index is 15.0. The fourth-order valence-corrected chi connectivity index (χ4v) is 4.71. The number of hydrogen-bond donors (Lipinski definition) is 0. The monoisotopic (exact) mass is 450 g/mol. The van der Waals surface area contributed by atoms with Crippen molar-refractivity contribution in [1.29, 1.82) is 0 Å². The van der Waals surface area contributed by atoms with E-state index in [2.05, 4.69) is 6.92 Å². The molecular formula is C29H29F3O. The lowest BCUT2D eigenvalue weighted by Gasteiger charge is -2.28. The third-order valence-corrected chi connectivity index (χ3v) is 6.86. The van der Waals surface area contributed by atoms with Crippen LogP contribution in [-0.4, -0.2) is 7.11 Å². The highest BCUT2D eigenvalue weighted by molar-refractivity contribution is 5.73. The highest BCUT2D eigenvalue weighted by Gasteiger charge is 2.25. The summed E-state index contributed by atoms with van der Waals surface area (Å²) in [7, 11) is 1.49. The summed E-state index contributed by atoms with van der Waals surface area (Å²) in [5.74, 6) is -0.601. The van der Waals surface area contributed by atoms with Gasteiger partial charge in [-0.05, 0) is 66.3 Å². The van der Waals surface area contributed by atoms with Crippen LogP contribution in [0.4, 0.5) is 13.2 Å². The summed E-state index contributed by atoms with van der Waals surface area (Å²) in [6.45, 7) is 2.19. The Balaban J connectivity index is 1.50. The van der Waals surface area contributed by atoms with E-state index in [9.17, 15) is 13.2 Å². The predicted octanol–water partition coefficient (Wildman–Crippen LogP) is 8.63. The van der Waals surface area contributed by atoms with E-state index in [0.717, 1.165) is 37.7 Å². The number of methoxy groups -OCH3 is 1. The quantitative estimate of drug-likeness (QED) is 0.342. The van der Waals surface area contributed by atoms with Crippen LogP contribution in [0.1, 0.15) is 61.6 Å². The molecule has 4 rings (SSSR count). The molecule has 0 N–H and O–H groups in total. The van der Waals surface area contributed by atoms with E-state index >= 15 is 0 Å². The van der Waals surface area contributed by atoms with Crippen molar-refractivity contribution in [3.8, 4) is 16.9 Å². The fraction of sp³-hybridized carbons (Fsp3) is 0.310. The Kier molecular flexibility index (Phi) is 7.22. The van der Waals surface area contributed by atoms with Gasteiger partial charge in [-0.3, -0.25) is 0 Å². The third-order valence-electron chi connectivity index (χ3n) is 6.86. The average Bonchev–Trinajstić information content (AvgIpc) is 2.85. The van der Waals surface area contributed by atoms with Crippen LogP contribution in [0.25, 0.3) is 23.3 Å². The molecule has 3 aromatic carbocycles. The molecule has 0 spiro atoms. The van der Waals surface area contributed by atoms with Crippen molar-refractivity contribution in [3.63, 3.8) is 0 Å². The van der Waals surface area contributed by atoms with Crippen molar-refractivity contribution in [1.82, 2.24) is 0 Å². The molecule has 0 aliphatic heterocycles. The average molecular weight is 451 g/mol. The van der Waals surface area contributed by atoms with Crippen LogP contribution in [0.5, 0.6) is 5.75 Å². The smallest absolute Gasteiger partial charge is 0.166 e. The van der Waals surface area contributed by atoms with Gasteiger partial charge in [0.2, 0.25) is 0 Å². The van der Waals surface area contributed by atoms with Gasteiger partial charge in [-0.25, -0.2) is 13.2 Å². The first-order chi connectivity index (χ1) is 16.0. The fourth-order valence-electron chi connectivity index (χ4n) is 4.71. The molecule has 172 valence electrons. The van der Waals surface area contributed by atoms with Crippen molar-refractivity contribution in [2.45, 2.75) is 44.9 Å². The molecule has 3 aromatic rings. The molecule has 1 aliphatic rings. The zero-order valence-corrected chi connectivity index (χ0v) is 19.1. The van der Waals surface area contributed by atoms with Gasteiger partial charge >= 0.3 is 0 Å². The van der Waals surface area contributed by atoms with Gasteiger partial charge in [0.05, 0.1) is 7.11 Å². The minimum atomic E-state index is -0.784. The van der Waals surface area contributed by atoms with Crippen LogP contribution < -0.4 is 4.74 Å². The number of halogens is 3. The maximum absolute atomic E-state index is 15.0. The third kappa shape index (κ3) is 5.16. The summed E-state index contributed by atoms with van der Waals surface area (Å²) in [5, 5.41) is 0. The summed E-state index contributed by atoms with van der Waals surface area (Å²) >= 11 is 0. The molecule has 4 heteroatoms. The molecule has 0 saturated heterocycles. The first-order valence-electron chi connectivity index (χ1n) is 11.6. The van der Waals surface area contributed by atoms with E-state index in [1.165, 1.54) is 13.2 Å². The molecule has 0 aromatic heterocycles. The molecular weight excluding hydrogens is 421 g/mol. The molecule has 0 unspecified atom stereocenters. The lowest BCUT2D eigenvalue weighted by Crippen LogP contribution is -2.14. The van der Waals surface area contributed by atoms with Crippen LogP contribution in [-0.2, 0) is 0 Å². The van der Waals surface area contributed by atoms with E-state index in [-0.39, 0.29) is 17.3 Å². The van der Waals surface area contributed by atoms with E-state index in [1.54, 1.807) is 48.6 Å².